The second kappa shape index (κ2) is 8.87. The van der Waals surface area contributed by atoms with E-state index in [1.807, 2.05) is 37.3 Å². The molecule has 1 aliphatic heterocycles. The van der Waals surface area contributed by atoms with Gasteiger partial charge in [0.25, 0.3) is 5.56 Å². The molecule has 0 bridgehead atoms. The lowest BCUT2D eigenvalue weighted by Crippen LogP contribution is -2.62. The predicted molar refractivity (Wildman–Crippen MR) is 132 cm³/mol. The maximum Gasteiger partial charge on any atom is 0.333 e. The van der Waals surface area contributed by atoms with Crippen LogP contribution in [-0.4, -0.2) is 41.7 Å². The number of piperidine rings is 1. The van der Waals surface area contributed by atoms with Crippen LogP contribution in [0.2, 0.25) is 0 Å². The average Bonchev–Trinajstić information content (AvgIpc) is 3.17. The third-order valence-electron chi connectivity index (χ3n) is 6.36. The number of fused-ring (bicyclic) bond motifs is 1. The molecule has 34 heavy (non-hydrogen) atoms. The number of nitrogens with zero attached hydrogens (tertiary/aromatic N) is 4. The summed E-state index contributed by atoms with van der Waals surface area (Å²) < 4.78 is 4.22. The molecule has 0 radical (unpaired) electrons. The zero-order chi connectivity index (χ0) is 24.7. The lowest BCUT2D eigenvalue weighted by atomic mass is 9.79. The minimum Gasteiger partial charge on any atom is -0.352 e. The van der Waals surface area contributed by atoms with E-state index in [1.54, 1.807) is 10.9 Å². The van der Waals surface area contributed by atoms with Gasteiger partial charge in [0.15, 0.2) is 11.2 Å². The van der Waals surface area contributed by atoms with Gasteiger partial charge in [-0.3, -0.25) is 14.2 Å². The predicted octanol–water partition coefficient (Wildman–Crippen LogP) is 1.85. The molecule has 2 aromatic heterocycles. The first-order valence-corrected chi connectivity index (χ1v) is 11.8. The van der Waals surface area contributed by atoms with Crippen LogP contribution in [0.3, 0.4) is 0 Å². The summed E-state index contributed by atoms with van der Waals surface area (Å²) >= 11 is 0. The maximum atomic E-state index is 13.4. The first-order chi connectivity index (χ1) is 16.0. The Hall–Kier alpha value is -3.20. The van der Waals surface area contributed by atoms with Gasteiger partial charge in [-0.15, -0.1) is 0 Å². The summed E-state index contributed by atoms with van der Waals surface area (Å²) in [4.78, 5) is 44.2. The monoisotopic (exact) mass is 466 g/mol. The fourth-order valence-electron chi connectivity index (χ4n) is 5.37. The van der Waals surface area contributed by atoms with Gasteiger partial charge >= 0.3 is 5.69 Å². The molecule has 4 rings (SSSR count). The second-order valence-corrected chi connectivity index (χ2v) is 10.5. The number of hydrogen-bond donors (Lipinski definition) is 2. The van der Waals surface area contributed by atoms with Crippen LogP contribution in [0.15, 0.2) is 46.2 Å². The van der Waals surface area contributed by atoms with E-state index < -0.39 is 11.2 Å². The Morgan fingerprint density at radius 2 is 1.74 bits per heavy atom. The summed E-state index contributed by atoms with van der Waals surface area (Å²) in [6.07, 6.45) is 3.09. The highest BCUT2D eigenvalue weighted by molar-refractivity contribution is 5.77. The fraction of sp³-hybridized carbons (Fsp3) is 0.520. The van der Waals surface area contributed by atoms with Gasteiger partial charge < -0.3 is 15.2 Å². The quantitative estimate of drug-likeness (QED) is 0.577. The van der Waals surface area contributed by atoms with Gasteiger partial charge in [0.2, 0.25) is 5.91 Å². The number of amides is 1. The summed E-state index contributed by atoms with van der Waals surface area (Å²) in [5.41, 5.74) is 0.269. The summed E-state index contributed by atoms with van der Waals surface area (Å²) in [5.74, 6) is -0.342. The van der Waals surface area contributed by atoms with Crippen LogP contribution in [0, 0.1) is 0 Å². The lowest BCUT2D eigenvalue weighted by Gasteiger charge is -2.46. The molecule has 3 aromatic rings. The molecular formula is C25H34N6O3. The third-order valence-corrected chi connectivity index (χ3v) is 6.36. The number of carbonyl (C=O) groups is 1. The number of nitrogens with one attached hydrogen (secondary N) is 2. The molecule has 182 valence electrons. The average molecular weight is 467 g/mol. The molecule has 0 unspecified atom stereocenters. The van der Waals surface area contributed by atoms with Crippen molar-refractivity contribution in [3.8, 4) is 0 Å². The van der Waals surface area contributed by atoms with Crippen LogP contribution in [0.1, 0.15) is 53.0 Å². The van der Waals surface area contributed by atoms with Crippen LogP contribution in [0.4, 0.5) is 0 Å². The van der Waals surface area contributed by atoms with Crippen molar-refractivity contribution in [3.05, 3.63) is 63.1 Å². The second-order valence-electron chi connectivity index (χ2n) is 10.5. The van der Waals surface area contributed by atoms with Crippen LogP contribution >= 0.6 is 0 Å². The first-order valence-electron chi connectivity index (χ1n) is 11.8. The standard InChI is InChI=1S/C25H34N6O3/c1-6-29-16-26-21-20(29)22(33)31(23(34)30(21)14-17-10-8-7-9-11-17)15-19(32)27-18-12-24(2,3)28-25(4,5)13-18/h7-11,16,18,28H,6,12-15H2,1-5H3,(H,27,32). The van der Waals surface area contributed by atoms with Crippen molar-refractivity contribution >= 4 is 17.1 Å². The van der Waals surface area contributed by atoms with Crippen LogP contribution in [0.25, 0.3) is 11.2 Å². The van der Waals surface area contributed by atoms with Crippen molar-refractivity contribution in [3.63, 3.8) is 0 Å². The van der Waals surface area contributed by atoms with Crippen molar-refractivity contribution in [1.82, 2.24) is 29.3 Å². The van der Waals surface area contributed by atoms with Crippen LogP contribution < -0.4 is 21.9 Å². The molecule has 0 aliphatic carbocycles. The smallest absolute Gasteiger partial charge is 0.333 e. The van der Waals surface area contributed by atoms with Crippen molar-refractivity contribution in [2.75, 3.05) is 0 Å². The van der Waals surface area contributed by atoms with Gasteiger partial charge in [0.05, 0.1) is 12.9 Å². The van der Waals surface area contributed by atoms with E-state index in [4.69, 9.17) is 0 Å². The fourth-order valence-corrected chi connectivity index (χ4v) is 5.37. The van der Waals surface area contributed by atoms with E-state index in [2.05, 4.69) is 43.3 Å². The highest BCUT2D eigenvalue weighted by atomic mass is 16.2. The van der Waals surface area contributed by atoms with E-state index in [-0.39, 0.29) is 36.1 Å². The largest absolute Gasteiger partial charge is 0.352 e. The molecule has 1 fully saturated rings. The van der Waals surface area contributed by atoms with Crippen LogP contribution in [0.5, 0.6) is 0 Å². The van der Waals surface area contributed by atoms with Crippen molar-refractivity contribution in [2.45, 2.75) is 84.2 Å². The first kappa shape index (κ1) is 23.9. The van der Waals surface area contributed by atoms with Gasteiger partial charge in [-0.2, -0.15) is 0 Å². The van der Waals surface area contributed by atoms with E-state index >= 15 is 0 Å². The number of imidazole rings is 1. The topological polar surface area (TPSA) is 103 Å². The van der Waals surface area contributed by atoms with Crippen molar-refractivity contribution < 1.29 is 4.79 Å². The highest BCUT2D eigenvalue weighted by Gasteiger charge is 2.38. The van der Waals surface area contributed by atoms with Gasteiger partial charge in [-0.05, 0) is 53.0 Å². The molecule has 0 spiro atoms. The van der Waals surface area contributed by atoms with Gasteiger partial charge in [-0.25, -0.2) is 14.3 Å². The summed E-state index contributed by atoms with van der Waals surface area (Å²) in [6.45, 7) is 10.8. The molecule has 9 heteroatoms. The normalized spacial score (nSPS) is 17.7. The molecule has 2 N–H and O–H groups in total. The highest BCUT2D eigenvalue weighted by Crippen LogP contribution is 2.28. The number of benzene rings is 1. The number of hydrogen-bond acceptors (Lipinski definition) is 5. The molecular weight excluding hydrogens is 432 g/mol. The molecule has 1 aromatic carbocycles. The van der Waals surface area contributed by atoms with Gasteiger partial charge in [-0.1, -0.05) is 30.3 Å². The number of aryl methyl sites for hydroxylation is 1. The lowest BCUT2D eigenvalue weighted by molar-refractivity contribution is -0.123. The molecule has 1 saturated heterocycles. The zero-order valence-corrected chi connectivity index (χ0v) is 20.6. The number of carbonyl (C=O) groups excluding carboxylic acids is 1. The Morgan fingerprint density at radius 1 is 1.09 bits per heavy atom. The Bertz CT molecular complexity index is 1300. The molecule has 1 aliphatic rings. The van der Waals surface area contributed by atoms with Gasteiger partial charge in [0, 0.05) is 23.7 Å². The zero-order valence-electron chi connectivity index (χ0n) is 20.6. The molecule has 3 heterocycles. The summed E-state index contributed by atoms with van der Waals surface area (Å²) in [7, 11) is 0. The minimum absolute atomic E-state index is 0.0501. The number of aromatic nitrogens is 4. The molecule has 1 amide bonds. The Balaban J connectivity index is 1.69. The molecule has 0 saturated carbocycles. The summed E-state index contributed by atoms with van der Waals surface area (Å²) in [5, 5.41) is 6.66. The third kappa shape index (κ3) is 4.84. The van der Waals surface area contributed by atoms with E-state index in [9.17, 15) is 14.4 Å². The molecule has 9 nitrogen and oxygen atoms in total. The Morgan fingerprint density at radius 3 is 2.35 bits per heavy atom. The number of rotatable bonds is 6. The SMILES string of the molecule is CCn1cnc2c1c(=O)n(CC(=O)NC1CC(C)(C)NC(C)(C)C1)c(=O)n2Cc1ccccc1. The van der Waals surface area contributed by atoms with Crippen molar-refractivity contribution in [2.24, 2.45) is 0 Å². The van der Waals surface area contributed by atoms with Crippen molar-refractivity contribution in [1.29, 1.82) is 0 Å². The van der Waals surface area contributed by atoms with Crippen LogP contribution in [-0.2, 0) is 24.4 Å². The van der Waals surface area contributed by atoms with E-state index in [1.165, 1.54) is 4.57 Å². The van der Waals surface area contributed by atoms with Gasteiger partial charge in [0.1, 0.15) is 6.54 Å². The summed E-state index contributed by atoms with van der Waals surface area (Å²) in [6, 6.07) is 9.48. The van der Waals surface area contributed by atoms with E-state index in [0.29, 0.717) is 17.7 Å². The Labute approximate surface area is 198 Å². The molecule has 0 atom stereocenters. The maximum absolute atomic E-state index is 13.4. The minimum atomic E-state index is -0.538. The Kier molecular flexibility index (Phi) is 6.24. The van der Waals surface area contributed by atoms with E-state index in [0.717, 1.165) is 23.0 Å².